The van der Waals surface area contributed by atoms with Gasteiger partial charge < -0.3 is 14.6 Å². The molecule has 0 saturated heterocycles. The lowest BCUT2D eigenvalue weighted by Crippen LogP contribution is -2.03. The van der Waals surface area contributed by atoms with Crippen LogP contribution < -0.4 is 9.47 Å². The highest BCUT2D eigenvalue weighted by Crippen LogP contribution is 2.38. The van der Waals surface area contributed by atoms with Crippen LogP contribution in [0.3, 0.4) is 0 Å². The number of phenols is 1. The van der Waals surface area contributed by atoms with Crippen LogP contribution in [0, 0.1) is 0 Å². The molecule has 0 radical (unpaired) electrons. The highest BCUT2D eigenvalue weighted by Gasteiger charge is 2.14. The summed E-state index contributed by atoms with van der Waals surface area (Å²) < 4.78 is 11.1. The van der Waals surface area contributed by atoms with Crippen LogP contribution in [-0.2, 0) is 0 Å². The minimum atomic E-state index is -0.0781. The molecule has 0 spiro atoms. The molecule has 0 aliphatic carbocycles. The minimum Gasteiger partial charge on any atom is -0.502 e. The fraction of sp³-hybridized carbons (Fsp3) is 0.562. The summed E-state index contributed by atoms with van der Waals surface area (Å²) in [5, 5.41) is 10.1. The zero-order valence-electron chi connectivity index (χ0n) is 12.6. The van der Waals surface area contributed by atoms with Gasteiger partial charge in [0.1, 0.15) is 0 Å². The Morgan fingerprint density at radius 1 is 1.05 bits per heavy atom. The van der Waals surface area contributed by atoms with Crippen molar-refractivity contribution in [3.8, 4) is 17.2 Å². The van der Waals surface area contributed by atoms with Crippen LogP contribution in [0.4, 0.5) is 0 Å². The lowest BCUT2D eigenvalue weighted by molar-refractivity contribution is 0.101. The van der Waals surface area contributed by atoms with Gasteiger partial charge in [0.2, 0.25) is 5.75 Å². The van der Waals surface area contributed by atoms with Gasteiger partial charge in [-0.1, -0.05) is 26.7 Å². The molecule has 4 nitrogen and oxygen atoms in total. The smallest absolute Gasteiger partial charge is 0.200 e. The van der Waals surface area contributed by atoms with Crippen LogP contribution in [0.5, 0.6) is 17.2 Å². The highest BCUT2D eigenvalue weighted by atomic mass is 16.5. The van der Waals surface area contributed by atoms with Crippen molar-refractivity contribution < 1.29 is 19.4 Å². The fourth-order valence-electron chi connectivity index (χ4n) is 1.66. The Hall–Kier alpha value is -1.71. The first-order valence-electron chi connectivity index (χ1n) is 7.23. The van der Waals surface area contributed by atoms with Crippen LogP contribution in [0.15, 0.2) is 12.1 Å². The van der Waals surface area contributed by atoms with E-state index in [1.54, 1.807) is 12.1 Å². The number of benzene rings is 1. The summed E-state index contributed by atoms with van der Waals surface area (Å²) in [6, 6.07) is 3.14. The number of ether oxygens (including phenoxy) is 2. The van der Waals surface area contributed by atoms with Crippen molar-refractivity contribution in [3.05, 3.63) is 17.7 Å². The van der Waals surface area contributed by atoms with E-state index in [1.807, 2.05) is 0 Å². The number of carbonyl (C=O) groups is 1. The first-order valence-corrected chi connectivity index (χ1v) is 7.23. The quantitative estimate of drug-likeness (QED) is 0.549. The van der Waals surface area contributed by atoms with Crippen molar-refractivity contribution >= 4 is 5.78 Å². The number of unbranched alkanes of at least 4 members (excludes halogenated alkanes) is 2. The SMILES string of the molecule is CCCCOc1cc(C(C)=O)cc(OCCCC)c1O. The topological polar surface area (TPSA) is 55.8 Å². The van der Waals surface area contributed by atoms with Gasteiger partial charge in [0.15, 0.2) is 17.3 Å². The summed E-state index contributed by atoms with van der Waals surface area (Å²) in [5.74, 6) is 0.531. The second-order valence-corrected chi connectivity index (χ2v) is 4.78. The van der Waals surface area contributed by atoms with E-state index in [4.69, 9.17) is 9.47 Å². The van der Waals surface area contributed by atoms with E-state index in [2.05, 4.69) is 13.8 Å². The molecule has 20 heavy (non-hydrogen) atoms. The van der Waals surface area contributed by atoms with Gasteiger partial charge in [-0.2, -0.15) is 0 Å². The van der Waals surface area contributed by atoms with Gasteiger partial charge >= 0.3 is 0 Å². The van der Waals surface area contributed by atoms with E-state index >= 15 is 0 Å². The molecule has 1 N–H and O–H groups in total. The third-order valence-corrected chi connectivity index (χ3v) is 2.96. The lowest BCUT2D eigenvalue weighted by atomic mass is 10.1. The average Bonchev–Trinajstić information content (AvgIpc) is 2.42. The maximum Gasteiger partial charge on any atom is 0.200 e. The molecule has 112 valence electrons. The molecule has 1 aromatic rings. The van der Waals surface area contributed by atoms with Gasteiger partial charge in [-0.3, -0.25) is 4.79 Å². The number of hydrogen-bond donors (Lipinski definition) is 1. The number of aromatic hydroxyl groups is 1. The van der Waals surface area contributed by atoms with Gasteiger partial charge in [-0.05, 0) is 31.9 Å². The standard InChI is InChI=1S/C16H24O4/c1-4-6-8-19-14-10-13(12(3)17)11-15(16(14)18)20-9-7-5-2/h10-11,18H,4-9H2,1-3H3. The lowest BCUT2D eigenvalue weighted by Gasteiger charge is -2.14. The number of rotatable bonds is 9. The van der Waals surface area contributed by atoms with Crippen molar-refractivity contribution in [2.45, 2.75) is 46.5 Å². The molecule has 0 amide bonds. The van der Waals surface area contributed by atoms with Gasteiger partial charge in [0.05, 0.1) is 13.2 Å². The average molecular weight is 280 g/mol. The van der Waals surface area contributed by atoms with Crippen molar-refractivity contribution in [1.82, 2.24) is 0 Å². The van der Waals surface area contributed by atoms with Crippen molar-refractivity contribution in [3.63, 3.8) is 0 Å². The summed E-state index contributed by atoms with van der Waals surface area (Å²) in [5.41, 5.74) is 0.487. The number of Topliss-reactive ketones (excluding diaryl/α,β-unsaturated/α-hetero) is 1. The number of ketones is 1. The summed E-state index contributed by atoms with van der Waals surface area (Å²) in [7, 11) is 0. The molecule has 0 atom stereocenters. The van der Waals surface area contributed by atoms with Crippen molar-refractivity contribution in [2.75, 3.05) is 13.2 Å². The third kappa shape index (κ3) is 4.76. The Labute approximate surface area is 120 Å². The Bertz CT molecular complexity index is 409. The van der Waals surface area contributed by atoms with Crippen LogP contribution in [0.2, 0.25) is 0 Å². The molecule has 0 bridgehead atoms. The molecular weight excluding hydrogens is 256 g/mol. The van der Waals surface area contributed by atoms with Crippen LogP contribution >= 0.6 is 0 Å². The molecule has 0 heterocycles. The summed E-state index contributed by atoms with van der Waals surface area (Å²) in [6.07, 6.45) is 3.81. The predicted octanol–water partition coefficient (Wildman–Crippen LogP) is 3.95. The van der Waals surface area contributed by atoms with E-state index < -0.39 is 0 Å². The fourth-order valence-corrected chi connectivity index (χ4v) is 1.66. The Kier molecular flexibility index (Phi) is 6.91. The third-order valence-electron chi connectivity index (χ3n) is 2.96. The summed E-state index contributed by atoms with van der Waals surface area (Å²) in [4.78, 5) is 11.5. The molecule has 0 aromatic heterocycles. The van der Waals surface area contributed by atoms with E-state index in [0.29, 0.717) is 30.3 Å². The summed E-state index contributed by atoms with van der Waals surface area (Å²) in [6.45, 7) is 6.64. The molecule has 0 aliphatic rings. The highest BCUT2D eigenvalue weighted by molar-refractivity contribution is 5.95. The maximum atomic E-state index is 11.5. The van der Waals surface area contributed by atoms with Crippen molar-refractivity contribution in [2.24, 2.45) is 0 Å². The van der Waals surface area contributed by atoms with Gasteiger partial charge in [0, 0.05) is 5.56 Å². The summed E-state index contributed by atoms with van der Waals surface area (Å²) >= 11 is 0. The minimum absolute atomic E-state index is 0.0257. The van der Waals surface area contributed by atoms with Crippen LogP contribution in [0.25, 0.3) is 0 Å². The van der Waals surface area contributed by atoms with Crippen LogP contribution in [0.1, 0.15) is 56.8 Å². The monoisotopic (exact) mass is 280 g/mol. The van der Waals surface area contributed by atoms with E-state index in [-0.39, 0.29) is 11.5 Å². The Balaban J connectivity index is 2.93. The molecular formula is C16H24O4. The van der Waals surface area contributed by atoms with Gasteiger partial charge in [-0.25, -0.2) is 0 Å². The second kappa shape index (κ2) is 8.46. The molecule has 0 unspecified atom stereocenters. The first kappa shape index (κ1) is 16.3. The molecule has 4 heteroatoms. The molecule has 1 rings (SSSR count). The predicted molar refractivity (Wildman–Crippen MR) is 78.9 cm³/mol. The van der Waals surface area contributed by atoms with E-state index in [1.165, 1.54) is 6.92 Å². The number of hydrogen-bond acceptors (Lipinski definition) is 4. The van der Waals surface area contributed by atoms with Crippen molar-refractivity contribution in [1.29, 1.82) is 0 Å². The Morgan fingerprint density at radius 3 is 1.85 bits per heavy atom. The molecule has 0 fully saturated rings. The second-order valence-electron chi connectivity index (χ2n) is 4.78. The van der Waals surface area contributed by atoms with Gasteiger partial charge in [0.25, 0.3) is 0 Å². The first-order chi connectivity index (χ1) is 9.60. The molecule has 1 aromatic carbocycles. The Morgan fingerprint density at radius 2 is 1.50 bits per heavy atom. The number of phenolic OH excluding ortho intramolecular Hbond substituents is 1. The number of carbonyl (C=O) groups excluding carboxylic acids is 1. The van der Waals surface area contributed by atoms with Crippen LogP contribution in [-0.4, -0.2) is 24.1 Å². The van der Waals surface area contributed by atoms with Gasteiger partial charge in [-0.15, -0.1) is 0 Å². The normalized spacial score (nSPS) is 10.3. The zero-order chi connectivity index (χ0) is 15.0. The molecule has 0 aliphatic heterocycles. The van der Waals surface area contributed by atoms with E-state index in [9.17, 15) is 9.90 Å². The van der Waals surface area contributed by atoms with E-state index in [0.717, 1.165) is 25.7 Å². The zero-order valence-corrected chi connectivity index (χ0v) is 12.6. The maximum absolute atomic E-state index is 11.5. The molecule has 0 saturated carbocycles. The largest absolute Gasteiger partial charge is 0.502 e.